The molecule has 0 saturated heterocycles. The SMILES string of the molecule is O=C(OS(=O)(=O)C(F)(F)F)C(F)(F)c1ncc(Br)cc1Cl. The van der Waals surface area contributed by atoms with Gasteiger partial charge in [0.1, 0.15) is 5.69 Å². The van der Waals surface area contributed by atoms with Gasteiger partial charge in [0, 0.05) is 10.7 Å². The molecule has 0 spiro atoms. The summed E-state index contributed by atoms with van der Waals surface area (Å²) in [6, 6.07) is 0.878. The average Bonchev–Trinajstić information content (AvgIpc) is 2.25. The van der Waals surface area contributed by atoms with Crippen LogP contribution in [0, 0.1) is 0 Å². The van der Waals surface area contributed by atoms with Gasteiger partial charge in [-0.2, -0.15) is 30.4 Å². The van der Waals surface area contributed by atoms with E-state index in [0.717, 1.165) is 12.3 Å². The molecular formula is C8H2BrClF5NO4S. The fourth-order valence-electron chi connectivity index (χ4n) is 0.942. The maximum Gasteiger partial charge on any atom is 0.534 e. The van der Waals surface area contributed by atoms with Gasteiger partial charge in [-0.1, -0.05) is 11.6 Å². The molecule has 0 bridgehead atoms. The highest BCUT2D eigenvalue weighted by Crippen LogP contribution is 2.36. The van der Waals surface area contributed by atoms with Crippen LogP contribution in [0.2, 0.25) is 5.02 Å². The number of hydrogen-bond donors (Lipinski definition) is 0. The Kier molecular flexibility index (Phi) is 4.85. The molecule has 0 aromatic carbocycles. The summed E-state index contributed by atoms with van der Waals surface area (Å²) in [4.78, 5) is 14.1. The molecule has 0 N–H and O–H groups in total. The number of nitrogens with zero attached hydrogens (tertiary/aromatic N) is 1. The van der Waals surface area contributed by atoms with Crippen LogP contribution >= 0.6 is 27.5 Å². The highest BCUT2D eigenvalue weighted by Gasteiger charge is 2.55. The summed E-state index contributed by atoms with van der Waals surface area (Å²) in [6.45, 7) is 0. The van der Waals surface area contributed by atoms with Gasteiger partial charge in [0.25, 0.3) is 0 Å². The molecule has 0 aliphatic heterocycles. The molecule has 0 aliphatic carbocycles. The number of aromatic nitrogens is 1. The van der Waals surface area contributed by atoms with Gasteiger partial charge in [-0.05, 0) is 22.0 Å². The molecule has 1 aromatic heterocycles. The second-order valence-corrected chi connectivity index (χ2v) is 6.19. The summed E-state index contributed by atoms with van der Waals surface area (Å²) in [6.07, 6.45) is 0.778. The van der Waals surface area contributed by atoms with Crippen molar-refractivity contribution in [3.05, 3.63) is 27.5 Å². The molecule has 21 heavy (non-hydrogen) atoms. The zero-order chi connectivity index (χ0) is 16.6. The van der Waals surface area contributed by atoms with E-state index in [9.17, 15) is 35.2 Å². The average molecular weight is 419 g/mol. The molecule has 1 aromatic rings. The Labute approximate surface area is 127 Å². The number of carbonyl (C=O) groups excluding carboxylic acids is 1. The Hall–Kier alpha value is -1.01. The van der Waals surface area contributed by atoms with Crippen LogP contribution in [0.3, 0.4) is 0 Å². The predicted molar refractivity (Wildman–Crippen MR) is 61.9 cm³/mol. The monoisotopic (exact) mass is 417 g/mol. The lowest BCUT2D eigenvalue weighted by Gasteiger charge is -2.16. The molecule has 0 saturated carbocycles. The summed E-state index contributed by atoms with van der Waals surface area (Å²) < 4.78 is 87.1. The fraction of sp³-hybridized carbons (Fsp3) is 0.250. The van der Waals surface area contributed by atoms with Gasteiger partial charge in [-0.25, -0.2) is 4.79 Å². The van der Waals surface area contributed by atoms with E-state index in [1.807, 2.05) is 0 Å². The quantitative estimate of drug-likeness (QED) is 0.429. The summed E-state index contributed by atoms with van der Waals surface area (Å²) >= 11 is 8.19. The largest absolute Gasteiger partial charge is 0.534 e. The van der Waals surface area contributed by atoms with Crippen LogP contribution < -0.4 is 0 Å². The first-order valence-electron chi connectivity index (χ1n) is 4.53. The van der Waals surface area contributed by atoms with Crippen molar-refractivity contribution < 1.29 is 39.3 Å². The molecule has 0 unspecified atom stereocenters. The summed E-state index contributed by atoms with van der Waals surface area (Å²) in [5.41, 5.74) is -7.48. The van der Waals surface area contributed by atoms with Crippen LogP contribution in [0.15, 0.2) is 16.7 Å². The molecule has 0 fully saturated rings. The van der Waals surface area contributed by atoms with E-state index in [2.05, 4.69) is 25.1 Å². The van der Waals surface area contributed by atoms with Crippen LogP contribution in [-0.2, 0) is 25.0 Å². The van der Waals surface area contributed by atoms with E-state index in [-0.39, 0.29) is 4.47 Å². The van der Waals surface area contributed by atoms with Gasteiger partial charge in [0.05, 0.1) is 5.02 Å². The molecule has 0 aliphatic rings. The fourth-order valence-corrected chi connectivity index (χ4v) is 2.09. The van der Waals surface area contributed by atoms with Crippen molar-refractivity contribution in [2.24, 2.45) is 0 Å². The van der Waals surface area contributed by atoms with E-state index in [1.54, 1.807) is 0 Å². The number of pyridine rings is 1. The normalized spacial score (nSPS) is 13.1. The maximum absolute atomic E-state index is 13.6. The van der Waals surface area contributed by atoms with Crippen molar-refractivity contribution in [2.75, 3.05) is 0 Å². The van der Waals surface area contributed by atoms with Crippen LogP contribution in [0.1, 0.15) is 5.69 Å². The molecule has 0 atom stereocenters. The minimum atomic E-state index is -6.52. The van der Waals surface area contributed by atoms with E-state index >= 15 is 0 Å². The lowest BCUT2D eigenvalue weighted by atomic mass is 10.2. The Balaban J connectivity index is 3.17. The zero-order valence-electron chi connectivity index (χ0n) is 9.29. The maximum atomic E-state index is 13.6. The standard InChI is InChI=1S/C8H2BrClF5NO4S/c9-3-1-4(10)5(16-2-3)7(11,12)6(17)20-21(18,19)8(13,14)15/h1-2H. The first kappa shape index (κ1) is 18.0. The third-order valence-electron chi connectivity index (χ3n) is 1.83. The zero-order valence-corrected chi connectivity index (χ0v) is 12.4. The van der Waals surface area contributed by atoms with Crippen molar-refractivity contribution in [3.8, 4) is 0 Å². The van der Waals surface area contributed by atoms with Crippen molar-refractivity contribution in [3.63, 3.8) is 0 Å². The molecule has 118 valence electrons. The second-order valence-electron chi connectivity index (χ2n) is 3.33. The summed E-state index contributed by atoms with van der Waals surface area (Å²) in [7, 11) is -6.52. The lowest BCUT2D eigenvalue weighted by molar-refractivity contribution is -0.165. The van der Waals surface area contributed by atoms with Crippen LogP contribution in [0.5, 0.6) is 0 Å². The van der Waals surface area contributed by atoms with E-state index in [1.165, 1.54) is 0 Å². The van der Waals surface area contributed by atoms with Crippen molar-refractivity contribution in [1.82, 2.24) is 4.98 Å². The number of hydrogen-bond acceptors (Lipinski definition) is 5. The Morgan fingerprint density at radius 1 is 1.29 bits per heavy atom. The molecule has 13 heteroatoms. The van der Waals surface area contributed by atoms with Gasteiger partial charge in [0.2, 0.25) is 0 Å². The van der Waals surface area contributed by atoms with Gasteiger partial charge in [-0.3, -0.25) is 4.98 Å². The molecular weight excluding hydrogens is 417 g/mol. The molecule has 0 radical (unpaired) electrons. The van der Waals surface area contributed by atoms with E-state index in [0.29, 0.717) is 0 Å². The van der Waals surface area contributed by atoms with Crippen molar-refractivity contribution >= 4 is 43.6 Å². The molecule has 1 rings (SSSR count). The molecule has 0 amide bonds. The highest BCUT2D eigenvalue weighted by atomic mass is 79.9. The van der Waals surface area contributed by atoms with Crippen molar-refractivity contribution in [2.45, 2.75) is 11.4 Å². The van der Waals surface area contributed by atoms with Gasteiger partial charge in [0.15, 0.2) is 0 Å². The lowest BCUT2D eigenvalue weighted by Crippen LogP contribution is -2.36. The summed E-state index contributed by atoms with van der Waals surface area (Å²) in [5, 5.41) is -0.782. The third-order valence-corrected chi connectivity index (χ3v) is 3.49. The molecule has 1 heterocycles. The highest BCUT2D eigenvalue weighted by molar-refractivity contribution is 9.10. The number of carbonyl (C=O) groups is 1. The Morgan fingerprint density at radius 2 is 1.81 bits per heavy atom. The molecule has 5 nitrogen and oxygen atoms in total. The number of halogens is 7. The smallest absolute Gasteiger partial charge is 0.333 e. The topological polar surface area (TPSA) is 73.3 Å². The second kappa shape index (κ2) is 5.65. The number of alkyl halides is 5. The van der Waals surface area contributed by atoms with Gasteiger partial charge in [-0.15, -0.1) is 0 Å². The van der Waals surface area contributed by atoms with Crippen molar-refractivity contribution in [1.29, 1.82) is 0 Å². The van der Waals surface area contributed by atoms with Crippen LogP contribution in [0.4, 0.5) is 22.0 Å². The Bertz CT molecular complexity index is 678. The van der Waals surface area contributed by atoms with Gasteiger partial charge < -0.3 is 4.18 Å². The minimum Gasteiger partial charge on any atom is -0.333 e. The van der Waals surface area contributed by atoms with E-state index in [4.69, 9.17) is 11.6 Å². The first-order valence-corrected chi connectivity index (χ1v) is 7.11. The Morgan fingerprint density at radius 3 is 2.24 bits per heavy atom. The van der Waals surface area contributed by atoms with Crippen LogP contribution in [0.25, 0.3) is 0 Å². The first-order chi connectivity index (χ1) is 9.29. The third kappa shape index (κ3) is 3.80. The minimum absolute atomic E-state index is 0.142. The summed E-state index contributed by atoms with van der Waals surface area (Å²) in [5.74, 6) is -7.77. The van der Waals surface area contributed by atoms with E-state index < -0.39 is 38.2 Å². The van der Waals surface area contributed by atoms with Gasteiger partial charge >= 0.3 is 27.5 Å². The number of rotatable bonds is 3. The van der Waals surface area contributed by atoms with Crippen LogP contribution in [-0.4, -0.2) is 24.9 Å². The predicted octanol–water partition coefficient (Wildman–Crippen LogP) is 2.98.